The molecule has 0 spiro atoms. The molecule has 2 heterocycles. The Morgan fingerprint density at radius 1 is 1.20 bits per heavy atom. The van der Waals surface area contributed by atoms with E-state index in [2.05, 4.69) is 46.8 Å². The molecule has 6 heteroatoms. The maximum atomic E-state index is 5.31. The van der Waals surface area contributed by atoms with Gasteiger partial charge in [0.1, 0.15) is 10.3 Å². The summed E-state index contributed by atoms with van der Waals surface area (Å²) in [5.41, 5.74) is 1.98. The molecule has 3 rings (SSSR count). The van der Waals surface area contributed by atoms with Gasteiger partial charge in [-0.15, -0.1) is 0 Å². The Balaban J connectivity index is 2.07. The quantitative estimate of drug-likeness (QED) is 0.670. The lowest BCUT2D eigenvalue weighted by Crippen LogP contribution is -2.01. The Kier molecular flexibility index (Phi) is 4.33. The number of halogens is 2. The lowest BCUT2D eigenvalue weighted by atomic mass is 10.0. The zero-order valence-electron chi connectivity index (χ0n) is 10.7. The summed E-state index contributed by atoms with van der Waals surface area (Å²) in [5.74, 6) is 1.31. The summed E-state index contributed by atoms with van der Waals surface area (Å²) in [6.45, 7) is 0. The average molecular weight is 415 g/mol. The minimum atomic E-state index is 0.577. The van der Waals surface area contributed by atoms with Gasteiger partial charge in [-0.25, -0.2) is 4.98 Å². The van der Waals surface area contributed by atoms with Crippen LogP contribution in [0.25, 0.3) is 11.5 Å². The molecule has 0 bridgehead atoms. The normalized spacial score (nSPS) is 15.7. The van der Waals surface area contributed by atoms with Gasteiger partial charge in [-0.2, -0.15) is 0 Å². The molecule has 0 unspecified atom stereocenters. The van der Waals surface area contributed by atoms with Crippen molar-refractivity contribution in [2.45, 2.75) is 31.6 Å². The highest BCUT2D eigenvalue weighted by molar-refractivity contribution is 9.11. The summed E-state index contributed by atoms with van der Waals surface area (Å²) in [6.07, 6.45) is 6.81. The topological polar surface area (TPSA) is 41.6 Å². The molecule has 0 atom stereocenters. The third kappa shape index (κ3) is 3.02. The van der Waals surface area contributed by atoms with Crippen molar-refractivity contribution < 1.29 is 0 Å². The maximum Gasteiger partial charge on any atom is 0.158 e. The first-order chi connectivity index (χ1) is 9.63. The van der Waals surface area contributed by atoms with Gasteiger partial charge < -0.3 is 4.98 Å². The van der Waals surface area contributed by atoms with E-state index in [0.717, 1.165) is 20.5 Å². The lowest BCUT2D eigenvalue weighted by molar-refractivity contribution is 0.694. The van der Waals surface area contributed by atoms with E-state index in [9.17, 15) is 0 Å². The number of pyridine rings is 1. The molecular weight excluding hydrogens is 402 g/mol. The molecule has 104 valence electrons. The summed E-state index contributed by atoms with van der Waals surface area (Å²) >= 11 is 12.2. The highest BCUT2D eigenvalue weighted by Gasteiger charge is 2.19. The monoisotopic (exact) mass is 413 g/mol. The van der Waals surface area contributed by atoms with Crippen LogP contribution in [0, 0.1) is 4.64 Å². The van der Waals surface area contributed by atoms with E-state index in [1.54, 1.807) is 6.20 Å². The number of nitrogens with zero attached hydrogens (tertiary/aromatic N) is 2. The molecule has 0 aliphatic heterocycles. The molecule has 1 N–H and O–H groups in total. The Labute approximate surface area is 139 Å². The van der Waals surface area contributed by atoms with Crippen molar-refractivity contribution >= 4 is 44.1 Å². The molecule has 1 saturated carbocycles. The highest BCUT2D eigenvalue weighted by atomic mass is 79.9. The molecule has 2 aromatic rings. The Hall–Kier alpha value is -0.590. The minimum Gasteiger partial charge on any atom is -0.342 e. The molecule has 0 amide bonds. The fraction of sp³-hybridized carbons (Fsp3) is 0.357. The van der Waals surface area contributed by atoms with Crippen LogP contribution in [-0.2, 0) is 0 Å². The van der Waals surface area contributed by atoms with Crippen LogP contribution in [0.2, 0.25) is 0 Å². The van der Waals surface area contributed by atoms with E-state index in [4.69, 9.17) is 12.2 Å². The zero-order chi connectivity index (χ0) is 14.1. The predicted octanol–water partition coefficient (Wildman–Crippen LogP) is 5.38. The molecule has 0 saturated heterocycles. The van der Waals surface area contributed by atoms with Crippen molar-refractivity contribution in [3.05, 3.63) is 37.6 Å². The van der Waals surface area contributed by atoms with Gasteiger partial charge in [0.15, 0.2) is 5.82 Å². The van der Waals surface area contributed by atoms with Gasteiger partial charge in [0, 0.05) is 20.8 Å². The van der Waals surface area contributed by atoms with Gasteiger partial charge in [0.2, 0.25) is 0 Å². The Bertz CT molecular complexity index is 693. The van der Waals surface area contributed by atoms with Gasteiger partial charge in [-0.05, 0) is 62.8 Å². The van der Waals surface area contributed by atoms with E-state index in [-0.39, 0.29) is 0 Å². The van der Waals surface area contributed by atoms with Crippen LogP contribution < -0.4 is 0 Å². The van der Waals surface area contributed by atoms with Gasteiger partial charge in [0.05, 0.1) is 0 Å². The average Bonchev–Trinajstić information content (AvgIpc) is 2.91. The molecule has 2 aromatic heterocycles. The summed E-state index contributed by atoms with van der Waals surface area (Å²) < 4.78 is 2.45. The van der Waals surface area contributed by atoms with E-state index in [1.807, 2.05) is 12.1 Å². The second-order valence-corrected chi connectivity index (χ2v) is 7.18. The van der Waals surface area contributed by atoms with Gasteiger partial charge in [0.25, 0.3) is 0 Å². The van der Waals surface area contributed by atoms with E-state index in [1.165, 1.54) is 31.4 Å². The molecule has 3 nitrogen and oxygen atoms in total. The number of hydrogen-bond donors (Lipinski definition) is 1. The first-order valence-electron chi connectivity index (χ1n) is 6.56. The van der Waals surface area contributed by atoms with Crippen LogP contribution in [0.4, 0.5) is 0 Å². The molecule has 0 radical (unpaired) electrons. The molecular formula is C14H13Br2N3S. The first-order valence-corrected chi connectivity index (χ1v) is 8.55. The second-order valence-electron chi connectivity index (χ2n) is 4.99. The Morgan fingerprint density at radius 3 is 2.65 bits per heavy atom. The number of aromatic nitrogens is 3. The van der Waals surface area contributed by atoms with Crippen molar-refractivity contribution in [3.63, 3.8) is 0 Å². The second kappa shape index (κ2) is 6.03. The number of nitrogens with one attached hydrogen (secondary N) is 1. The summed E-state index contributed by atoms with van der Waals surface area (Å²) in [5, 5.41) is 0. The van der Waals surface area contributed by atoms with Crippen LogP contribution in [0.1, 0.15) is 37.3 Å². The standard InChI is InChI=1S/C14H13Br2N3S/c15-9-5-10(16)13(17-7-9)14-18-11(6-12(20)19-14)8-3-1-2-4-8/h5-8H,1-4H2,(H,18,19,20). The van der Waals surface area contributed by atoms with Crippen LogP contribution in [0.3, 0.4) is 0 Å². The fourth-order valence-electron chi connectivity index (χ4n) is 2.63. The number of aromatic amines is 1. The van der Waals surface area contributed by atoms with Gasteiger partial charge >= 0.3 is 0 Å². The number of rotatable bonds is 2. The molecule has 1 aliphatic carbocycles. The Morgan fingerprint density at radius 2 is 1.95 bits per heavy atom. The van der Waals surface area contributed by atoms with Crippen LogP contribution in [0.5, 0.6) is 0 Å². The molecule has 0 aromatic carbocycles. The number of hydrogen-bond acceptors (Lipinski definition) is 3. The smallest absolute Gasteiger partial charge is 0.158 e. The van der Waals surface area contributed by atoms with Crippen LogP contribution >= 0.6 is 44.1 Å². The van der Waals surface area contributed by atoms with Crippen LogP contribution in [-0.4, -0.2) is 15.0 Å². The van der Waals surface area contributed by atoms with Crippen molar-refractivity contribution in [1.82, 2.24) is 15.0 Å². The SMILES string of the molecule is S=c1cc(C2CCCC2)[nH]c(-c2ncc(Br)cc2Br)n1. The summed E-state index contributed by atoms with van der Waals surface area (Å²) in [4.78, 5) is 12.3. The van der Waals surface area contributed by atoms with Gasteiger partial charge in [-0.3, -0.25) is 4.98 Å². The molecule has 1 aliphatic rings. The van der Waals surface area contributed by atoms with Gasteiger partial charge in [-0.1, -0.05) is 25.1 Å². The third-order valence-electron chi connectivity index (χ3n) is 3.59. The fourth-order valence-corrected chi connectivity index (χ4v) is 4.03. The van der Waals surface area contributed by atoms with Crippen LogP contribution in [0.15, 0.2) is 27.3 Å². The summed E-state index contributed by atoms with van der Waals surface area (Å²) in [6, 6.07) is 3.95. The van der Waals surface area contributed by atoms with Crippen molar-refractivity contribution in [3.8, 4) is 11.5 Å². The zero-order valence-corrected chi connectivity index (χ0v) is 14.7. The van der Waals surface area contributed by atoms with E-state index in [0.29, 0.717) is 10.6 Å². The lowest BCUT2D eigenvalue weighted by Gasteiger charge is -2.12. The largest absolute Gasteiger partial charge is 0.342 e. The summed E-state index contributed by atoms with van der Waals surface area (Å²) in [7, 11) is 0. The van der Waals surface area contributed by atoms with Crippen molar-refractivity contribution in [1.29, 1.82) is 0 Å². The molecule has 20 heavy (non-hydrogen) atoms. The highest BCUT2D eigenvalue weighted by Crippen LogP contribution is 2.34. The minimum absolute atomic E-state index is 0.577. The molecule has 1 fully saturated rings. The van der Waals surface area contributed by atoms with Crippen molar-refractivity contribution in [2.24, 2.45) is 0 Å². The van der Waals surface area contributed by atoms with E-state index < -0.39 is 0 Å². The van der Waals surface area contributed by atoms with Crippen molar-refractivity contribution in [2.75, 3.05) is 0 Å². The number of H-pyrrole nitrogens is 1. The maximum absolute atomic E-state index is 5.31. The van der Waals surface area contributed by atoms with E-state index >= 15 is 0 Å². The first kappa shape index (κ1) is 14.4. The predicted molar refractivity (Wildman–Crippen MR) is 89.3 cm³/mol. The third-order valence-corrected chi connectivity index (χ3v) is 4.84.